The third-order valence-corrected chi connectivity index (χ3v) is 7.12. The molecule has 5 rings (SSSR count). The molecule has 1 aromatic carbocycles. The molecule has 4 heteroatoms. The molecule has 140 valence electrons. The molecule has 0 aliphatic heterocycles. The lowest BCUT2D eigenvalue weighted by Crippen LogP contribution is -2.49. The van der Waals surface area contributed by atoms with E-state index < -0.39 is 0 Å². The molecule has 0 amide bonds. The van der Waals surface area contributed by atoms with E-state index in [9.17, 15) is 4.79 Å². The van der Waals surface area contributed by atoms with Gasteiger partial charge in [0.15, 0.2) is 17.3 Å². The maximum absolute atomic E-state index is 13.1. The Morgan fingerprint density at radius 3 is 2.35 bits per heavy atom. The number of ketones is 1. The maximum atomic E-state index is 13.1. The third-order valence-electron chi connectivity index (χ3n) is 6.53. The summed E-state index contributed by atoms with van der Waals surface area (Å²) in [6.07, 6.45) is 11.2. The number of hydrogen-bond acceptors (Lipinski definition) is 3. The van der Waals surface area contributed by atoms with E-state index in [4.69, 9.17) is 9.47 Å². The maximum Gasteiger partial charge on any atom is 0.175 e. The second kappa shape index (κ2) is 7.03. The zero-order valence-electron chi connectivity index (χ0n) is 15.6. The van der Waals surface area contributed by atoms with Gasteiger partial charge in [0.1, 0.15) is 0 Å². The van der Waals surface area contributed by atoms with Crippen LogP contribution >= 0.6 is 15.9 Å². The number of carbonyl (C=O) groups excluding carboxylic acids is 1. The number of allylic oxidation sites excluding steroid dienone is 1. The molecule has 26 heavy (non-hydrogen) atoms. The van der Waals surface area contributed by atoms with Gasteiger partial charge in [-0.05, 0) is 103 Å². The lowest BCUT2D eigenvalue weighted by atomic mass is 9.48. The van der Waals surface area contributed by atoms with E-state index >= 15 is 0 Å². The fourth-order valence-electron chi connectivity index (χ4n) is 5.88. The number of rotatable bonds is 6. The average molecular weight is 419 g/mol. The van der Waals surface area contributed by atoms with Gasteiger partial charge in [-0.2, -0.15) is 0 Å². The Kier molecular flexibility index (Phi) is 4.89. The van der Waals surface area contributed by atoms with Crippen LogP contribution in [-0.4, -0.2) is 19.5 Å². The second-order valence-corrected chi connectivity index (χ2v) is 9.22. The van der Waals surface area contributed by atoms with E-state index in [0.717, 1.165) is 47.1 Å². The predicted octanol–water partition coefficient (Wildman–Crippen LogP) is 5.66. The van der Waals surface area contributed by atoms with Crippen LogP contribution in [0.5, 0.6) is 11.5 Å². The van der Waals surface area contributed by atoms with Crippen molar-refractivity contribution in [2.75, 3.05) is 13.7 Å². The Labute approximate surface area is 164 Å². The first-order valence-corrected chi connectivity index (χ1v) is 10.5. The molecule has 0 aromatic heterocycles. The number of benzene rings is 1. The predicted molar refractivity (Wildman–Crippen MR) is 107 cm³/mol. The summed E-state index contributed by atoms with van der Waals surface area (Å²) in [4.78, 5) is 13.1. The van der Waals surface area contributed by atoms with E-state index in [1.807, 2.05) is 31.2 Å². The van der Waals surface area contributed by atoms with Crippen molar-refractivity contribution in [1.29, 1.82) is 0 Å². The summed E-state index contributed by atoms with van der Waals surface area (Å²) >= 11 is 3.55. The fraction of sp³-hybridized carbons (Fsp3) is 0.591. The Balaban J connectivity index is 1.55. The number of carbonyl (C=O) groups is 1. The van der Waals surface area contributed by atoms with Gasteiger partial charge in [0.05, 0.1) is 18.2 Å². The van der Waals surface area contributed by atoms with Gasteiger partial charge < -0.3 is 9.47 Å². The van der Waals surface area contributed by atoms with Gasteiger partial charge in [0.2, 0.25) is 0 Å². The van der Waals surface area contributed by atoms with Crippen LogP contribution in [0.15, 0.2) is 22.7 Å². The molecule has 0 atom stereocenters. The van der Waals surface area contributed by atoms with Crippen LogP contribution in [-0.2, 0) is 4.79 Å². The largest absolute Gasteiger partial charge is 0.493 e. The average Bonchev–Trinajstić information content (AvgIpc) is 2.60. The van der Waals surface area contributed by atoms with Gasteiger partial charge >= 0.3 is 0 Å². The molecule has 0 unspecified atom stereocenters. The van der Waals surface area contributed by atoms with Crippen LogP contribution in [0.1, 0.15) is 51.0 Å². The summed E-state index contributed by atoms with van der Waals surface area (Å²) < 4.78 is 11.9. The van der Waals surface area contributed by atoms with Crippen LogP contribution in [0.2, 0.25) is 0 Å². The van der Waals surface area contributed by atoms with Crippen molar-refractivity contribution in [3.8, 4) is 11.5 Å². The van der Waals surface area contributed by atoms with E-state index in [-0.39, 0.29) is 5.41 Å². The zero-order chi connectivity index (χ0) is 18.3. The molecule has 0 spiro atoms. The molecule has 0 N–H and O–H groups in total. The smallest absolute Gasteiger partial charge is 0.175 e. The van der Waals surface area contributed by atoms with E-state index in [1.165, 1.54) is 19.3 Å². The van der Waals surface area contributed by atoms with Gasteiger partial charge in [0, 0.05) is 5.41 Å². The van der Waals surface area contributed by atoms with Crippen molar-refractivity contribution in [3.05, 3.63) is 28.2 Å². The lowest BCUT2D eigenvalue weighted by molar-refractivity contribution is -0.138. The first kappa shape index (κ1) is 18.1. The highest BCUT2D eigenvalue weighted by Crippen LogP contribution is 2.60. The molecule has 4 saturated carbocycles. The highest BCUT2D eigenvalue weighted by molar-refractivity contribution is 9.10. The topological polar surface area (TPSA) is 35.5 Å². The monoisotopic (exact) mass is 418 g/mol. The van der Waals surface area contributed by atoms with Crippen molar-refractivity contribution in [2.45, 2.75) is 45.4 Å². The molecular weight excluding hydrogens is 392 g/mol. The second-order valence-electron chi connectivity index (χ2n) is 8.36. The van der Waals surface area contributed by atoms with Crippen molar-refractivity contribution in [2.24, 2.45) is 23.2 Å². The molecule has 3 nitrogen and oxygen atoms in total. The Bertz CT molecular complexity index is 702. The Morgan fingerprint density at radius 2 is 1.81 bits per heavy atom. The van der Waals surface area contributed by atoms with Gasteiger partial charge in [-0.25, -0.2) is 0 Å². The van der Waals surface area contributed by atoms with E-state index in [2.05, 4.69) is 15.9 Å². The molecule has 0 radical (unpaired) electrons. The minimum absolute atomic E-state index is 0.0716. The molecule has 4 fully saturated rings. The fourth-order valence-corrected chi connectivity index (χ4v) is 6.46. The van der Waals surface area contributed by atoms with Gasteiger partial charge in [-0.3, -0.25) is 4.79 Å². The molecule has 4 aliphatic rings. The highest BCUT2D eigenvalue weighted by atomic mass is 79.9. The number of ether oxygens (including phenoxy) is 2. The van der Waals surface area contributed by atoms with Crippen LogP contribution in [0, 0.1) is 23.2 Å². The summed E-state index contributed by atoms with van der Waals surface area (Å²) in [7, 11) is 1.64. The van der Waals surface area contributed by atoms with Gasteiger partial charge in [0.25, 0.3) is 0 Å². The quantitative estimate of drug-likeness (QED) is 0.559. The van der Waals surface area contributed by atoms with E-state index in [1.54, 1.807) is 7.11 Å². The Morgan fingerprint density at radius 1 is 1.19 bits per heavy atom. The SMILES string of the molecule is CCOc1c(Br)cc(/C=C/C(=O)C23CC4CC(CC(C4)C2)C3)cc1OC. The summed E-state index contributed by atoms with van der Waals surface area (Å²) in [6, 6.07) is 3.91. The van der Waals surface area contributed by atoms with Crippen LogP contribution in [0.25, 0.3) is 6.08 Å². The lowest BCUT2D eigenvalue weighted by Gasteiger charge is -2.55. The van der Waals surface area contributed by atoms with Crippen LogP contribution < -0.4 is 9.47 Å². The minimum Gasteiger partial charge on any atom is -0.493 e. The summed E-state index contributed by atoms with van der Waals surface area (Å²) in [5.41, 5.74) is 0.882. The molecule has 4 aliphatic carbocycles. The third kappa shape index (κ3) is 3.21. The first-order chi connectivity index (χ1) is 12.5. The van der Waals surface area contributed by atoms with Crippen molar-refractivity contribution < 1.29 is 14.3 Å². The molecule has 0 saturated heterocycles. The van der Waals surface area contributed by atoms with Gasteiger partial charge in [-0.1, -0.05) is 6.08 Å². The van der Waals surface area contributed by atoms with Crippen molar-refractivity contribution in [3.63, 3.8) is 0 Å². The zero-order valence-corrected chi connectivity index (χ0v) is 17.2. The summed E-state index contributed by atoms with van der Waals surface area (Å²) in [6.45, 7) is 2.53. The number of methoxy groups -OCH3 is 1. The first-order valence-electron chi connectivity index (χ1n) is 9.76. The summed E-state index contributed by atoms with van der Waals surface area (Å²) in [5, 5.41) is 0. The molecule has 0 heterocycles. The van der Waals surface area contributed by atoms with E-state index in [0.29, 0.717) is 23.9 Å². The standard InChI is InChI=1S/C22H27BrO3/c1-3-26-21-18(23)9-14(10-19(21)25-2)4-5-20(24)22-11-15-6-16(12-22)8-17(7-15)13-22/h4-5,9-10,15-17H,3,6-8,11-13H2,1-2H3/b5-4+. The summed E-state index contributed by atoms with van der Waals surface area (Å²) in [5.74, 6) is 4.10. The number of halogens is 1. The van der Waals surface area contributed by atoms with Crippen LogP contribution in [0.3, 0.4) is 0 Å². The Hall–Kier alpha value is -1.29. The number of hydrogen-bond donors (Lipinski definition) is 0. The molecular formula is C22H27BrO3. The molecule has 1 aromatic rings. The normalized spacial score (nSPS) is 32.2. The van der Waals surface area contributed by atoms with Crippen molar-refractivity contribution in [1.82, 2.24) is 0 Å². The van der Waals surface area contributed by atoms with Gasteiger partial charge in [-0.15, -0.1) is 0 Å². The van der Waals surface area contributed by atoms with Crippen molar-refractivity contribution >= 4 is 27.8 Å². The minimum atomic E-state index is -0.0716. The van der Waals surface area contributed by atoms with Crippen LogP contribution in [0.4, 0.5) is 0 Å². The highest BCUT2D eigenvalue weighted by Gasteiger charge is 2.53. The molecule has 4 bridgehead atoms.